The first-order chi connectivity index (χ1) is 12.6. The molecule has 0 radical (unpaired) electrons. The highest BCUT2D eigenvalue weighted by Crippen LogP contribution is 2.29. The first-order valence-electron chi connectivity index (χ1n) is 8.84. The second kappa shape index (κ2) is 7.21. The predicted octanol–water partition coefficient (Wildman–Crippen LogP) is 4.11. The van der Waals surface area contributed by atoms with Gasteiger partial charge in [0, 0.05) is 23.6 Å². The lowest BCUT2D eigenvalue weighted by Crippen LogP contribution is -2.33. The first-order valence-corrected chi connectivity index (χ1v) is 9.66. The lowest BCUT2D eigenvalue weighted by atomic mass is 10.2. The number of halogens is 1. The van der Waals surface area contributed by atoms with Crippen molar-refractivity contribution in [2.24, 2.45) is 0 Å². The third-order valence-electron chi connectivity index (χ3n) is 4.75. The zero-order valence-electron chi connectivity index (χ0n) is 14.6. The van der Waals surface area contributed by atoms with Crippen molar-refractivity contribution < 1.29 is 13.9 Å². The fourth-order valence-electron chi connectivity index (χ4n) is 3.42. The van der Waals surface area contributed by atoms with Gasteiger partial charge in [-0.2, -0.15) is 0 Å². The smallest absolute Gasteiger partial charge is 0.268 e. The molecule has 4 nitrogen and oxygen atoms in total. The number of carbonyl (C=O) groups is 1. The Kier molecular flexibility index (Phi) is 4.78. The number of aromatic nitrogens is 1. The highest BCUT2D eigenvalue weighted by Gasteiger charge is 2.21. The van der Waals surface area contributed by atoms with E-state index in [4.69, 9.17) is 4.74 Å². The maximum atomic E-state index is 14.1. The predicted molar refractivity (Wildman–Crippen MR) is 101 cm³/mol. The summed E-state index contributed by atoms with van der Waals surface area (Å²) in [5, 5.41) is 2.97. The molecular formula is C20H21FN2O2S. The van der Waals surface area contributed by atoms with Crippen molar-refractivity contribution in [1.29, 1.82) is 0 Å². The molecule has 0 bridgehead atoms. The number of thiophene rings is 1. The first kappa shape index (κ1) is 17.2. The van der Waals surface area contributed by atoms with Crippen LogP contribution in [0.15, 0.2) is 36.4 Å². The van der Waals surface area contributed by atoms with Gasteiger partial charge in [-0.25, -0.2) is 4.39 Å². The Morgan fingerprint density at radius 2 is 2.23 bits per heavy atom. The summed E-state index contributed by atoms with van der Waals surface area (Å²) in [7, 11) is 0. The maximum absolute atomic E-state index is 14.1. The van der Waals surface area contributed by atoms with Crippen LogP contribution >= 0.6 is 11.3 Å². The van der Waals surface area contributed by atoms with Crippen LogP contribution in [0.4, 0.5) is 4.39 Å². The van der Waals surface area contributed by atoms with E-state index in [-0.39, 0.29) is 17.8 Å². The fraction of sp³-hybridized carbons (Fsp3) is 0.350. The van der Waals surface area contributed by atoms with E-state index in [9.17, 15) is 9.18 Å². The quantitative estimate of drug-likeness (QED) is 0.732. The number of carbonyl (C=O) groups excluding carboxylic acids is 1. The van der Waals surface area contributed by atoms with Gasteiger partial charge in [-0.1, -0.05) is 18.2 Å². The minimum Gasteiger partial charge on any atom is -0.376 e. The second-order valence-corrected chi connectivity index (χ2v) is 7.95. The van der Waals surface area contributed by atoms with Gasteiger partial charge >= 0.3 is 0 Å². The molecule has 3 heterocycles. The maximum Gasteiger partial charge on any atom is 0.268 e. The van der Waals surface area contributed by atoms with Crippen LogP contribution in [0.5, 0.6) is 0 Å². The summed E-state index contributed by atoms with van der Waals surface area (Å²) in [6.45, 7) is 3.64. The Balaban J connectivity index is 1.64. The Hall–Kier alpha value is -2.18. The molecule has 1 N–H and O–H groups in total. The summed E-state index contributed by atoms with van der Waals surface area (Å²) < 4.78 is 22.7. The normalized spacial score (nSPS) is 17.1. The van der Waals surface area contributed by atoms with Crippen molar-refractivity contribution in [1.82, 2.24) is 9.88 Å². The van der Waals surface area contributed by atoms with E-state index in [1.165, 1.54) is 10.9 Å². The molecule has 0 unspecified atom stereocenters. The average Bonchev–Trinajstić information content (AvgIpc) is 3.32. The summed E-state index contributed by atoms with van der Waals surface area (Å²) >= 11 is 1.64. The van der Waals surface area contributed by atoms with E-state index in [1.807, 2.05) is 23.6 Å². The van der Waals surface area contributed by atoms with Crippen LogP contribution < -0.4 is 5.32 Å². The van der Waals surface area contributed by atoms with Gasteiger partial charge in [0.05, 0.1) is 22.9 Å². The summed E-state index contributed by atoms with van der Waals surface area (Å²) in [4.78, 5) is 13.9. The number of nitrogens with zero attached hydrogens (tertiary/aromatic N) is 1. The molecule has 1 aliphatic rings. The number of benzene rings is 1. The number of amides is 1. The van der Waals surface area contributed by atoms with E-state index in [2.05, 4.69) is 11.4 Å². The van der Waals surface area contributed by atoms with Gasteiger partial charge in [-0.15, -0.1) is 11.3 Å². The molecule has 1 aromatic carbocycles. The number of ether oxygens (including phenoxy) is 1. The molecule has 26 heavy (non-hydrogen) atoms. The van der Waals surface area contributed by atoms with Gasteiger partial charge < -0.3 is 14.6 Å². The van der Waals surface area contributed by atoms with E-state index in [0.29, 0.717) is 24.3 Å². The second-order valence-electron chi connectivity index (χ2n) is 6.66. The van der Waals surface area contributed by atoms with Crippen molar-refractivity contribution in [3.8, 4) is 0 Å². The number of nitrogens with one attached hydrogen (secondary N) is 1. The molecule has 1 aliphatic heterocycles. The van der Waals surface area contributed by atoms with Crippen molar-refractivity contribution in [3.63, 3.8) is 0 Å². The molecule has 1 atom stereocenters. The van der Waals surface area contributed by atoms with E-state index >= 15 is 0 Å². The van der Waals surface area contributed by atoms with Gasteiger partial charge in [0.25, 0.3) is 5.91 Å². The molecule has 6 heteroatoms. The molecule has 1 fully saturated rings. The third-order valence-corrected chi connectivity index (χ3v) is 5.73. The van der Waals surface area contributed by atoms with E-state index < -0.39 is 0 Å². The molecule has 4 rings (SSSR count). The number of rotatable bonds is 5. The molecule has 0 spiro atoms. The van der Waals surface area contributed by atoms with Gasteiger partial charge in [-0.05, 0) is 38.0 Å². The molecule has 1 saturated heterocycles. The number of fused-ring (bicyclic) bond motifs is 1. The minimum atomic E-state index is -0.257. The van der Waals surface area contributed by atoms with Crippen LogP contribution in [-0.4, -0.2) is 29.7 Å². The van der Waals surface area contributed by atoms with Crippen LogP contribution in [0.2, 0.25) is 0 Å². The SMILES string of the molecule is Cc1cc2c(cc(C(=O)NC[C@@H]3CCCO3)n2Cc2ccccc2F)s1. The Bertz CT molecular complexity index is 941. The lowest BCUT2D eigenvalue weighted by Gasteiger charge is -2.13. The minimum absolute atomic E-state index is 0.0947. The zero-order valence-corrected chi connectivity index (χ0v) is 15.4. The van der Waals surface area contributed by atoms with E-state index in [0.717, 1.165) is 29.7 Å². The van der Waals surface area contributed by atoms with Crippen LogP contribution in [0.25, 0.3) is 10.2 Å². The number of aryl methyl sites for hydroxylation is 1. The fourth-order valence-corrected chi connectivity index (χ4v) is 4.38. The molecular weight excluding hydrogens is 351 g/mol. The summed E-state index contributed by atoms with van der Waals surface area (Å²) in [5.41, 5.74) is 2.10. The molecule has 0 saturated carbocycles. The van der Waals surface area contributed by atoms with E-state index in [1.54, 1.807) is 23.5 Å². The topological polar surface area (TPSA) is 43.3 Å². The zero-order chi connectivity index (χ0) is 18.1. The highest BCUT2D eigenvalue weighted by atomic mass is 32.1. The van der Waals surface area contributed by atoms with Crippen LogP contribution in [0, 0.1) is 12.7 Å². The van der Waals surface area contributed by atoms with Crippen LogP contribution in [-0.2, 0) is 11.3 Å². The summed E-state index contributed by atoms with van der Waals surface area (Å²) in [6, 6.07) is 10.7. The highest BCUT2D eigenvalue weighted by molar-refractivity contribution is 7.19. The third kappa shape index (κ3) is 3.39. The largest absolute Gasteiger partial charge is 0.376 e. The summed E-state index contributed by atoms with van der Waals surface area (Å²) in [6.07, 6.45) is 2.11. The summed E-state index contributed by atoms with van der Waals surface area (Å²) in [5.74, 6) is -0.398. The molecule has 136 valence electrons. The van der Waals surface area contributed by atoms with Crippen LogP contribution in [0.3, 0.4) is 0 Å². The molecule has 3 aromatic rings. The molecule has 0 aliphatic carbocycles. The Labute approximate surface area is 155 Å². The average molecular weight is 372 g/mol. The lowest BCUT2D eigenvalue weighted by molar-refractivity contribution is 0.0851. The molecule has 1 amide bonds. The van der Waals surface area contributed by atoms with Crippen molar-refractivity contribution in [2.45, 2.75) is 32.4 Å². The number of hydrogen-bond acceptors (Lipinski definition) is 3. The van der Waals surface area contributed by atoms with Gasteiger partial charge in [0.1, 0.15) is 11.5 Å². The number of hydrogen-bond donors (Lipinski definition) is 1. The Morgan fingerprint density at radius 3 is 3.00 bits per heavy atom. The van der Waals surface area contributed by atoms with Crippen molar-refractivity contribution in [2.75, 3.05) is 13.2 Å². The van der Waals surface area contributed by atoms with Gasteiger partial charge in [0.15, 0.2) is 0 Å². The molecule has 2 aromatic heterocycles. The standard InChI is InChI=1S/C20H21FN2O2S/c1-13-9-17-19(26-13)10-18(20(24)22-11-15-6-4-8-25-15)23(17)12-14-5-2-3-7-16(14)21/h2-3,5,7,9-10,15H,4,6,8,11-12H2,1H3,(H,22,24)/t15-/m0/s1. The van der Waals surface area contributed by atoms with Gasteiger partial charge in [0.2, 0.25) is 0 Å². The Morgan fingerprint density at radius 1 is 1.38 bits per heavy atom. The van der Waals surface area contributed by atoms with Crippen LogP contribution in [0.1, 0.15) is 33.8 Å². The van der Waals surface area contributed by atoms with Gasteiger partial charge in [-0.3, -0.25) is 4.79 Å². The van der Waals surface area contributed by atoms with Crippen molar-refractivity contribution in [3.05, 3.63) is 58.3 Å². The monoisotopic (exact) mass is 372 g/mol. The van der Waals surface area contributed by atoms with Crippen molar-refractivity contribution >= 4 is 27.5 Å².